The molecule has 0 aliphatic carbocycles. The van der Waals surface area contributed by atoms with Gasteiger partial charge in [0.2, 0.25) is 0 Å². The molecule has 0 fully saturated rings. The maximum Gasteiger partial charge on any atom is 0.270 e. The second-order valence-corrected chi connectivity index (χ2v) is 5.14. The smallest absolute Gasteiger partial charge is 0.270 e. The molecule has 0 saturated carbocycles. The predicted molar refractivity (Wildman–Crippen MR) is 95.6 cm³/mol. The molecule has 122 valence electrons. The van der Waals surface area contributed by atoms with E-state index in [0.717, 1.165) is 0 Å². The van der Waals surface area contributed by atoms with E-state index in [1.165, 1.54) is 12.1 Å². The Morgan fingerprint density at radius 2 is 1.71 bits per heavy atom. The summed E-state index contributed by atoms with van der Waals surface area (Å²) >= 11 is 0. The zero-order valence-corrected chi connectivity index (χ0v) is 13.2. The van der Waals surface area contributed by atoms with E-state index in [1.807, 2.05) is 11.0 Å². The van der Waals surface area contributed by atoms with Crippen LogP contribution in [0.5, 0.6) is 0 Å². The number of non-ortho nitro benzene ring substituents is 1. The molecule has 0 bridgehead atoms. The van der Waals surface area contributed by atoms with Crippen LogP contribution in [0.3, 0.4) is 0 Å². The van der Waals surface area contributed by atoms with Gasteiger partial charge in [-0.15, -0.1) is 13.2 Å². The largest absolute Gasteiger partial charge is 0.364 e. The molecule has 24 heavy (non-hydrogen) atoms. The second kappa shape index (κ2) is 7.87. The van der Waals surface area contributed by atoms with Crippen LogP contribution in [0.25, 0.3) is 0 Å². The fourth-order valence-corrected chi connectivity index (χ4v) is 2.42. The van der Waals surface area contributed by atoms with Gasteiger partial charge in [0.25, 0.3) is 5.69 Å². The highest BCUT2D eigenvalue weighted by molar-refractivity contribution is 6.12. The first-order valence-corrected chi connectivity index (χ1v) is 7.43. The second-order valence-electron chi connectivity index (χ2n) is 5.14. The minimum Gasteiger partial charge on any atom is -0.364 e. The summed E-state index contributed by atoms with van der Waals surface area (Å²) in [5.41, 5.74) is 1.28. The number of anilines is 1. The monoisotopic (exact) mass is 322 g/mol. The Bertz CT molecular complexity index is 759. The van der Waals surface area contributed by atoms with Crippen molar-refractivity contribution in [2.45, 2.75) is 0 Å². The Balaban J connectivity index is 2.58. The molecule has 0 aliphatic rings. The molecular formula is C19H18N2O3. The standard InChI is InChI=1S/C19H18N2O3/c1-3-12-20(13-4-2)18-11-10-16(21(23)24)14-17(18)19(22)15-8-6-5-7-9-15/h3-11,14H,1-2,12-13H2. The van der Waals surface area contributed by atoms with E-state index in [-0.39, 0.29) is 11.5 Å². The zero-order chi connectivity index (χ0) is 17.5. The number of nitro benzene ring substituents is 1. The number of carbonyl (C=O) groups is 1. The SMILES string of the molecule is C=CCN(CC=C)c1ccc([N+](=O)[O-])cc1C(=O)c1ccccc1. The predicted octanol–water partition coefficient (Wildman–Crippen LogP) is 4.00. The van der Waals surface area contributed by atoms with Crippen LogP contribution in [-0.4, -0.2) is 23.8 Å². The van der Waals surface area contributed by atoms with Gasteiger partial charge >= 0.3 is 0 Å². The van der Waals surface area contributed by atoms with Gasteiger partial charge in [-0.05, 0) is 6.07 Å². The number of nitrogens with zero attached hydrogens (tertiary/aromatic N) is 2. The molecule has 0 heterocycles. The summed E-state index contributed by atoms with van der Waals surface area (Å²) in [6, 6.07) is 13.0. The fraction of sp³-hybridized carbons (Fsp3) is 0.105. The first-order chi connectivity index (χ1) is 11.6. The molecule has 0 amide bonds. The first-order valence-electron chi connectivity index (χ1n) is 7.43. The molecule has 0 aliphatic heterocycles. The van der Waals surface area contributed by atoms with Gasteiger partial charge in [-0.1, -0.05) is 42.5 Å². The molecule has 5 heteroatoms. The van der Waals surface area contributed by atoms with E-state index in [4.69, 9.17) is 0 Å². The maximum absolute atomic E-state index is 12.9. The normalized spacial score (nSPS) is 10.0. The van der Waals surface area contributed by atoms with Crippen molar-refractivity contribution in [2.24, 2.45) is 0 Å². The molecule has 0 aromatic heterocycles. The highest BCUT2D eigenvalue weighted by Gasteiger charge is 2.20. The molecule has 0 spiro atoms. The summed E-state index contributed by atoms with van der Waals surface area (Å²) in [4.78, 5) is 25.3. The molecule has 2 rings (SSSR count). The zero-order valence-electron chi connectivity index (χ0n) is 13.2. The fourth-order valence-electron chi connectivity index (χ4n) is 2.42. The number of ketones is 1. The van der Waals surface area contributed by atoms with E-state index in [0.29, 0.717) is 29.9 Å². The van der Waals surface area contributed by atoms with Gasteiger partial charge in [0.1, 0.15) is 0 Å². The quantitative estimate of drug-likeness (QED) is 0.319. The number of hydrogen-bond acceptors (Lipinski definition) is 4. The van der Waals surface area contributed by atoms with E-state index in [9.17, 15) is 14.9 Å². The van der Waals surface area contributed by atoms with Crippen LogP contribution in [0.2, 0.25) is 0 Å². The van der Waals surface area contributed by atoms with Crippen molar-refractivity contribution in [3.63, 3.8) is 0 Å². The van der Waals surface area contributed by atoms with Crippen LogP contribution in [0.4, 0.5) is 11.4 Å². The van der Waals surface area contributed by atoms with Crippen molar-refractivity contribution in [1.82, 2.24) is 0 Å². The van der Waals surface area contributed by atoms with Crippen molar-refractivity contribution in [1.29, 1.82) is 0 Å². The van der Waals surface area contributed by atoms with Crippen LogP contribution >= 0.6 is 0 Å². The first kappa shape index (κ1) is 17.1. The Morgan fingerprint density at radius 3 is 2.25 bits per heavy atom. The Morgan fingerprint density at radius 1 is 1.08 bits per heavy atom. The van der Waals surface area contributed by atoms with Crippen LogP contribution in [0.15, 0.2) is 73.8 Å². The average molecular weight is 322 g/mol. The molecule has 0 atom stereocenters. The lowest BCUT2D eigenvalue weighted by atomic mass is 10.00. The van der Waals surface area contributed by atoms with E-state index < -0.39 is 4.92 Å². The molecule has 0 N–H and O–H groups in total. The molecule has 5 nitrogen and oxygen atoms in total. The van der Waals surface area contributed by atoms with Gasteiger partial charge in [0.05, 0.1) is 10.5 Å². The summed E-state index contributed by atoms with van der Waals surface area (Å²) in [5.74, 6) is -0.257. The van der Waals surface area contributed by atoms with Gasteiger partial charge in [-0.2, -0.15) is 0 Å². The number of carbonyl (C=O) groups excluding carboxylic acids is 1. The van der Waals surface area contributed by atoms with E-state index >= 15 is 0 Å². The number of hydrogen-bond donors (Lipinski definition) is 0. The Hall–Kier alpha value is -3.21. The summed E-state index contributed by atoms with van der Waals surface area (Å²) in [7, 11) is 0. The van der Waals surface area contributed by atoms with Gasteiger partial charge in [-0.25, -0.2) is 0 Å². The average Bonchev–Trinajstić information content (AvgIpc) is 2.61. The molecule has 2 aromatic carbocycles. The topological polar surface area (TPSA) is 63.4 Å². The molecule has 2 aromatic rings. The van der Waals surface area contributed by atoms with Crippen LogP contribution in [0, 0.1) is 10.1 Å². The minimum absolute atomic E-state index is 0.116. The Kier molecular flexibility index (Phi) is 5.63. The van der Waals surface area contributed by atoms with Crippen molar-refractivity contribution >= 4 is 17.2 Å². The highest BCUT2D eigenvalue weighted by atomic mass is 16.6. The van der Waals surface area contributed by atoms with Gasteiger partial charge in [0, 0.05) is 36.5 Å². The lowest BCUT2D eigenvalue weighted by Crippen LogP contribution is -2.25. The van der Waals surface area contributed by atoms with Gasteiger partial charge in [0.15, 0.2) is 5.78 Å². The maximum atomic E-state index is 12.9. The third kappa shape index (κ3) is 3.76. The van der Waals surface area contributed by atoms with E-state index in [2.05, 4.69) is 13.2 Å². The van der Waals surface area contributed by atoms with Crippen molar-refractivity contribution in [3.8, 4) is 0 Å². The number of nitro groups is 1. The summed E-state index contributed by atoms with van der Waals surface area (Å²) in [5, 5.41) is 11.1. The van der Waals surface area contributed by atoms with Crippen LogP contribution in [0.1, 0.15) is 15.9 Å². The summed E-state index contributed by atoms with van der Waals surface area (Å²) in [6.07, 6.45) is 3.42. The highest BCUT2D eigenvalue weighted by Crippen LogP contribution is 2.28. The molecular weight excluding hydrogens is 304 g/mol. The molecule has 0 saturated heterocycles. The van der Waals surface area contributed by atoms with Crippen molar-refractivity contribution < 1.29 is 9.72 Å². The third-order valence-corrected chi connectivity index (χ3v) is 3.51. The third-order valence-electron chi connectivity index (χ3n) is 3.51. The number of benzene rings is 2. The van der Waals surface area contributed by atoms with Crippen molar-refractivity contribution in [2.75, 3.05) is 18.0 Å². The summed E-state index contributed by atoms with van der Waals surface area (Å²) in [6.45, 7) is 8.43. The van der Waals surface area contributed by atoms with Crippen LogP contribution < -0.4 is 4.90 Å². The van der Waals surface area contributed by atoms with Gasteiger partial charge < -0.3 is 4.90 Å². The number of rotatable bonds is 8. The lowest BCUT2D eigenvalue weighted by molar-refractivity contribution is -0.384. The van der Waals surface area contributed by atoms with Gasteiger partial charge in [-0.3, -0.25) is 14.9 Å². The Labute approximate surface area is 140 Å². The van der Waals surface area contributed by atoms with Crippen LogP contribution in [-0.2, 0) is 0 Å². The molecule has 0 unspecified atom stereocenters. The summed E-state index contributed by atoms with van der Waals surface area (Å²) < 4.78 is 0. The van der Waals surface area contributed by atoms with E-state index in [1.54, 1.807) is 42.5 Å². The molecule has 0 radical (unpaired) electrons. The van der Waals surface area contributed by atoms with Crippen molar-refractivity contribution in [3.05, 3.63) is 95.1 Å². The minimum atomic E-state index is -0.503. The lowest BCUT2D eigenvalue weighted by Gasteiger charge is -2.24.